The molecule has 1 aliphatic carbocycles. The van der Waals surface area contributed by atoms with Crippen LogP contribution >= 0.6 is 0 Å². The van der Waals surface area contributed by atoms with Crippen molar-refractivity contribution in [2.75, 3.05) is 13.1 Å². The maximum absolute atomic E-state index is 12.5. The number of nitrogens with zero attached hydrogens (tertiary/aromatic N) is 1. The van der Waals surface area contributed by atoms with Crippen LogP contribution in [0, 0.1) is 16.7 Å². The average Bonchev–Trinajstić information content (AvgIpc) is 2.64. The van der Waals surface area contributed by atoms with Crippen LogP contribution < -0.4 is 10.6 Å². The number of carbonyl (C=O) groups excluding carboxylic acids is 1. The van der Waals surface area contributed by atoms with Gasteiger partial charge in [-0.15, -0.1) is 0 Å². The van der Waals surface area contributed by atoms with Crippen molar-refractivity contribution >= 4 is 11.7 Å². The van der Waals surface area contributed by atoms with Gasteiger partial charge in [-0.1, -0.05) is 35.1 Å². The van der Waals surface area contributed by atoms with Gasteiger partial charge in [-0.25, -0.2) is 0 Å². The highest BCUT2D eigenvalue weighted by molar-refractivity contribution is 6.09. The molecule has 2 aliphatic heterocycles. The molecule has 126 valence electrons. The van der Waals surface area contributed by atoms with Crippen molar-refractivity contribution < 1.29 is 4.79 Å². The number of piperidine rings is 1. The Morgan fingerprint density at radius 3 is 2.14 bits per heavy atom. The van der Waals surface area contributed by atoms with Crippen molar-refractivity contribution in [2.45, 2.75) is 72.8 Å². The molecule has 3 rings (SSSR count). The molecule has 0 aromatic carbocycles. The summed E-state index contributed by atoms with van der Waals surface area (Å²) in [5.74, 6) is 1.52. The summed E-state index contributed by atoms with van der Waals surface area (Å²) >= 11 is 0. The van der Waals surface area contributed by atoms with Crippen molar-refractivity contribution in [3.63, 3.8) is 0 Å². The zero-order valence-electron chi connectivity index (χ0n) is 13.9. The van der Waals surface area contributed by atoms with Crippen molar-refractivity contribution in [3.05, 3.63) is 0 Å². The quantitative estimate of drug-likeness (QED) is 0.782. The largest absolute Gasteiger partial charge is 0.317 e. The highest BCUT2D eigenvalue weighted by Crippen LogP contribution is 2.49. The number of hydrogen-bond donors (Lipinski definition) is 2. The van der Waals surface area contributed by atoms with Gasteiger partial charge in [-0.05, 0) is 56.0 Å². The number of aliphatic imine (C=N–C) groups is 1. The summed E-state index contributed by atoms with van der Waals surface area (Å²) in [6, 6.07) is 0. The molecule has 2 heterocycles. The standard InChI is InChI=1S/C17H29N3O.CH4/c1-15(2)9-12(10-16(3,4)11-15)13-19-14(21)17(20-13)5-7-18-8-6-17;/h12,18H,5-11H2,1-4H3,(H,19,20,21);1H4. The molecule has 1 saturated carbocycles. The molecule has 1 spiro atoms. The smallest absolute Gasteiger partial charge is 0.253 e. The normalized spacial score (nSPS) is 29.6. The highest BCUT2D eigenvalue weighted by Gasteiger charge is 2.48. The van der Waals surface area contributed by atoms with Gasteiger partial charge in [0.05, 0.1) is 0 Å². The molecule has 0 unspecified atom stereocenters. The van der Waals surface area contributed by atoms with Gasteiger partial charge in [-0.3, -0.25) is 9.79 Å². The molecule has 0 bridgehead atoms. The Morgan fingerprint density at radius 1 is 1.05 bits per heavy atom. The summed E-state index contributed by atoms with van der Waals surface area (Å²) < 4.78 is 0. The predicted molar refractivity (Wildman–Crippen MR) is 92.0 cm³/mol. The second-order valence-electron chi connectivity index (χ2n) is 8.84. The van der Waals surface area contributed by atoms with Gasteiger partial charge in [0, 0.05) is 5.92 Å². The zero-order valence-corrected chi connectivity index (χ0v) is 13.9. The first kappa shape index (κ1) is 17.5. The van der Waals surface area contributed by atoms with Crippen LogP contribution in [0.15, 0.2) is 4.99 Å². The fraction of sp³-hybridized carbons (Fsp3) is 0.889. The van der Waals surface area contributed by atoms with Crippen molar-refractivity contribution in [1.82, 2.24) is 10.6 Å². The molecule has 4 nitrogen and oxygen atoms in total. The number of amidine groups is 1. The molecule has 2 fully saturated rings. The van der Waals surface area contributed by atoms with Gasteiger partial charge in [0.15, 0.2) is 0 Å². The van der Waals surface area contributed by atoms with E-state index in [1.54, 1.807) is 0 Å². The summed E-state index contributed by atoms with van der Waals surface area (Å²) in [5, 5.41) is 6.47. The van der Waals surface area contributed by atoms with E-state index in [0.29, 0.717) is 16.7 Å². The van der Waals surface area contributed by atoms with Crippen LogP contribution in [0.3, 0.4) is 0 Å². The molecule has 4 heteroatoms. The lowest BCUT2D eigenvalue weighted by atomic mass is 9.61. The van der Waals surface area contributed by atoms with Crippen LogP contribution in [0.25, 0.3) is 0 Å². The van der Waals surface area contributed by atoms with Gasteiger partial charge in [0.2, 0.25) is 0 Å². The minimum Gasteiger partial charge on any atom is -0.317 e. The van der Waals surface area contributed by atoms with E-state index >= 15 is 0 Å². The minimum atomic E-state index is -0.466. The highest BCUT2D eigenvalue weighted by atomic mass is 16.2. The van der Waals surface area contributed by atoms with Gasteiger partial charge in [0.25, 0.3) is 5.91 Å². The third-order valence-electron chi connectivity index (χ3n) is 5.37. The van der Waals surface area contributed by atoms with E-state index in [9.17, 15) is 4.79 Å². The Balaban J connectivity index is 0.00000176. The van der Waals surface area contributed by atoms with Crippen molar-refractivity contribution in [3.8, 4) is 0 Å². The molecule has 1 amide bonds. The molecule has 1 saturated heterocycles. The zero-order chi connectivity index (χ0) is 15.3. The Bertz CT molecular complexity index is 457. The molecule has 0 radical (unpaired) electrons. The predicted octanol–water partition coefficient (Wildman–Crippen LogP) is 3.13. The Labute approximate surface area is 135 Å². The van der Waals surface area contributed by atoms with Crippen LogP contribution in [0.2, 0.25) is 0 Å². The van der Waals surface area contributed by atoms with E-state index in [4.69, 9.17) is 4.99 Å². The SMILES string of the molecule is C.CC1(C)CC(C2=NC3(CCNCC3)C(=O)N2)CC(C)(C)C1. The fourth-order valence-electron chi connectivity index (χ4n) is 4.95. The molecular formula is C18H33N3O. The Hall–Kier alpha value is -0.900. The van der Waals surface area contributed by atoms with E-state index in [0.717, 1.165) is 44.6 Å². The average molecular weight is 307 g/mol. The number of hydrogen-bond acceptors (Lipinski definition) is 3. The maximum Gasteiger partial charge on any atom is 0.253 e. The molecule has 3 aliphatic rings. The number of rotatable bonds is 1. The summed E-state index contributed by atoms with van der Waals surface area (Å²) in [6.07, 6.45) is 5.17. The summed E-state index contributed by atoms with van der Waals surface area (Å²) in [7, 11) is 0. The minimum absolute atomic E-state index is 0. The second-order valence-corrected chi connectivity index (χ2v) is 8.84. The monoisotopic (exact) mass is 307 g/mol. The molecule has 22 heavy (non-hydrogen) atoms. The van der Waals surface area contributed by atoms with Crippen LogP contribution in [-0.4, -0.2) is 30.4 Å². The van der Waals surface area contributed by atoms with Gasteiger partial charge < -0.3 is 10.6 Å². The van der Waals surface area contributed by atoms with Crippen LogP contribution in [0.1, 0.15) is 67.2 Å². The molecular weight excluding hydrogens is 274 g/mol. The van der Waals surface area contributed by atoms with E-state index in [2.05, 4.69) is 38.3 Å². The summed E-state index contributed by atoms with van der Waals surface area (Å²) in [6.45, 7) is 11.2. The molecule has 0 aromatic heterocycles. The van der Waals surface area contributed by atoms with Gasteiger partial charge in [-0.2, -0.15) is 0 Å². The Morgan fingerprint density at radius 2 is 1.59 bits per heavy atom. The number of carbonyl (C=O) groups is 1. The lowest BCUT2D eigenvalue weighted by Crippen LogP contribution is -2.48. The van der Waals surface area contributed by atoms with E-state index in [-0.39, 0.29) is 13.3 Å². The summed E-state index contributed by atoms with van der Waals surface area (Å²) in [5.41, 5.74) is 0.180. The van der Waals surface area contributed by atoms with Crippen LogP contribution in [-0.2, 0) is 4.79 Å². The topological polar surface area (TPSA) is 53.5 Å². The number of amides is 1. The molecule has 0 atom stereocenters. The van der Waals surface area contributed by atoms with Gasteiger partial charge >= 0.3 is 0 Å². The lowest BCUT2D eigenvalue weighted by Gasteiger charge is -2.44. The molecule has 0 aromatic rings. The molecule has 2 N–H and O–H groups in total. The van der Waals surface area contributed by atoms with E-state index in [1.807, 2.05) is 0 Å². The van der Waals surface area contributed by atoms with Crippen molar-refractivity contribution in [2.24, 2.45) is 21.7 Å². The van der Waals surface area contributed by atoms with E-state index < -0.39 is 5.54 Å². The van der Waals surface area contributed by atoms with Crippen molar-refractivity contribution in [1.29, 1.82) is 0 Å². The number of nitrogens with one attached hydrogen (secondary N) is 2. The third kappa shape index (κ3) is 3.22. The first-order valence-electron chi connectivity index (χ1n) is 8.33. The first-order chi connectivity index (χ1) is 9.72. The van der Waals surface area contributed by atoms with Gasteiger partial charge in [0.1, 0.15) is 11.4 Å². The summed E-state index contributed by atoms with van der Waals surface area (Å²) in [4.78, 5) is 17.4. The first-order valence-corrected chi connectivity index (χ1v) is 8.33. The lowest BCUT2D eigenvalue weighted by molar-refractivity contribution is -0.124. The fourth-order valence-corrected chi connectivity index (χ4v) is 4.95. The van der Waals surface area contributed by atoms with E-state index in [1.165, 1.54) is 6.42 Å². The van der Waals surface area contributed by atoms with Crippen LogP contribution in [0.5, 0.6) is 0 Å². The maximum atomic E-state index is 12.5. The second kappa shape index (κ2) is 5.63. The third-order valence-corrected chi connectivity index (χ3v) is 5.37. The Kier molecular flexibility index (Phi) is 4.46. The van der Waals surface area contributed by atoms with Crippen LogP contribution in [0.4, 0.5) is 0 Å².